The molecule has 1 N–H and O–H groups in total. The second kappa shape index (κ2) is 7.55. The Kier molecular flexibility index (Phi) is 5.01. The van der Waals surface area contributed by atoms with Gasteiger partial charge >= 0.3 is 0 Å². The summed E-state index contributed by atoms with van der Waals surface area (Å²) in [6.07, 6.45) is 2.70. The predicted octanol–water partition coefficient (Wildman–Crippen LogP) is 3.55. The molecule has 5 heteroatoms. The summed E-state index contributed by atoms with van der Waals surface area (Å²) in [5.74, 6) is 2.14. The summed E-state index contributed by atoms with van der Waals surface area (Å²) in [5, 5.41) is 2.88. The number of hydrogen-bond donors (Lipinski definition) is 1. The van der Waals surface area contributed by atoms with Crippen molar-refractivity contribution in [3.63, 3.8) is 0 Å². The number of carbonyl (C=O) groups is 1. The van der Waals surface area contributed by atoms with E-state index < -0.39 is 0 Å². The van der Waals surface area contributed by atoms with Gasteiger partial charge in [0.15, 0.2) is 11.5 Å². The van der Waals surface area contributed by atoms with E-state index in [0.29, 0.717) is 30.9 Å². The van der Waals surface area contributed by atoms with Crippen molar-refractivity contribution in [1.82, 2.24) is 0 Å². The molecule has 24 heavy (non-hydrogen) atoms. The summed E-state index contributed by atoms with van der Waals surface area (Å²) in [4.78, 5) is 12.1. The Hall–Kier alpha value is -2.95. The van der Waals surface area contributed by atoms with E-state index in [4.69, 9.17) is 14.2 Å². The predicted molar refractivity (Wildman–Crippen MR) is 91.6 cm³/mol. The van der Waals surface area contributed by atoms with Crippen molar-refractivity contribution in [2.75, 3.05) is 18.7 Å². The molecule has 1 aliphatic heterocycles. The molecule has 1 amide bonds. The first-order valence-electron chi connectivity index (χ1n) is 7.77. The highest BCUT2D eigenvalue weighted by molar-refractivity contribution is 5.91. The third-order valence-electron chi connectivity index (χ3n) is 3.56. The number of nitrogens with one attached hydrogen (secondary N) is 1. The van der Waals surface area contributed by atoms with E-state index in [1.165, 1.54) is 0 Å². The minimum Gasteiger partial charge on any atom is -0.489 e. The number of anilines is 1. The van der Waals surface area contributed by atoms with E-state index in [1.54, 1.807) is 12.1 Å². The Morgan fingerprint density at radius 2 is 2.08 bits per heavy atom. The summed E-state index contributed by atoms with van der Waals surface area (Å²) in [6.45, 7) is 4.30. The Morgan fingerprint density at radius 3 is 2.96 bits per heavy atom. The molecule has 124 valence electrons. The summed E-state index contributed by atoms with van der Waals surface area (Å²) in [5.41, 5.74) is 1.75. The molecule has 1 aliphatic rings. The van der Waals surface area contributed by atoms with E-state index in [-0.39, 0.29) is 12.7 Å². The van der Waals surface area contributed by atoms with Gasteiger partial charge in [-0.1, -0.05) is 24.8 Å². The number of benzene rings is 2. The lowest BCUT2D eigenvalue weighted by Gasteiger charge is -2.08. The minimum absolute atomic E-state index is 0.0477. The third kappa shape index (κ3) is 4.07. The largest absolute Gasteiger partial charge is 0.489 e. The summed E-state index contributed by atoms with van der Waals surface area (Å²) < 4.78 is 16.1. The van der Waals surface area contributed by atoms with Crippen LogP contribution in [-0.4, -0.2) is 19.3 Å². The molecule has 3 rings (SSSR count). The van der Waals surface area contributed by atoms with E-state index in [2.05, 4.69) is 11.9 Å². The summed E-state index contributed by atoms with van der Waals surface area (Å²) in [6, 6.07) is 13.0. The number of fused-ring (bicyclic) bond motifs is 1. The van der Waals surface area contributed by atoms with Crippen molar-refractivity contribution in [3.05, 3.63) is 60.7 Å². The van der Waals surface area contributed by atoms with E-state index in [9.17, 15) is 4.79 Å². The number of amides is 1. The van der Waals surface area contributed by atoms with Gasteiger partial charge in [-0.2, -0.15) is 0 Å². The second-order valence-electron chi connectivity index (χ2n) is 5.36. The molecular weight excluding hydrogens is 306 g/mol. The molecule has 0 unspecified atom stereocenters. The van der Waals surface area contributed by atoms with Crippen LogP contribution in [0.5, 0.6) is 17.2 Å². The first-order valence-corrected chi connectivity index (χ1v) is 7.77. The Balaban J connectivity index is 1.53. The zero-order chi connectivity index (χ0) is 16.8. The van der Waals surface area contributed by atoms with Gasteiger partial charge in [0.2, 0.25) is 12.7 Å². The van der Waals surface area contributed by atoms with Crippen molar-refractivity contribution < 1.29 is 19.0 Å². The highest BCUT2D eigenvalue weighted by Gasteiger charge is 2.13. The highest BCUT2D eigenvalue weighted by atomic mass is 16.7. The molecule has 0 aliphatic carbocycles. The van der Waals surface area contributed by atoms with Gasteiger partial charge in [0.1, 0.15) is 12.4 Å². The van der Waals surface area contributed by atoms with Crippen molar-refractivity contribution in [1.29, 1.82) is 0 Å². The lowest BCUT2D eigenvalue weighted by molar-refractivity contribution is -0.116. The fourth-order valence-electron chi connectivity index (χ4n) is 2.40. The summed E-state index contributed by atoms with van der Waals surface area (Å²) >= 11 is 0. The average molecular weight is 325 g/mol. The van der Waals surface area contributed by atoms with E-state index in [0.717, 1.165) is 17.1 Å². The number of hydrogen-bond acceptors (Lipinski definition) is 4. The first-order chi connectivity index (χ1) is 11.7. The van der Waals surface area contributed by atoms with Gasteiger partial charge in [-0.25, -0.2) is 0 Å². The smallest absolute Gasteiger partial charge is 0.231 e. The zero-order valence-corrected chi connectivity index (χ0v) is 13.3. The average Bonchev–Trinajstić information content (AvgIpc) is 3.06. The second-order valence-corrected chi connectivity index (χ2v) is 5.36. The van der Waals surface area contributed by atoms with Crippen LogP contribution in [0.25, 0.3) is 0 Å². The van der Waals surface area contributed by atoms with E-state index in [1.807, 2.05) is 36.4 Å². The Labute approximate surface area is 140 Å². The van der Waals surface area contributed by atoms with Crippen LogP contribution in [0.2, 0.25) is 0 Å². The highest BCUT2D eigenvalue weighted by Crippen LogP contribution is 2.32. The maximum atomic E-state index is 12.1. The number of aryl methyl sites for hydroxylation is 1. The van der Waals surface area contributed by atoms with Crippen molar-refractivity contribution in [2.24, 2.45) is 0 Å². The van der Waals surface area contributed by atoms with Crippen LogP contribution in [0.4, 0.5) is 5.69 Å². The molecule has 0 saturated carbocycles. The molecule has 0 atom stereocenters. The van der Waals surface area contributed by atoms with Gasteiger partial charge in [0.25, 0.3) is 0 Å². The standard InChI is InChI=1S/C19H19NO4/c1-2-10-22-16-5-3-4-15(12-16)20-19(21)9-7-14-6-8-17-18(11-14)24-13-23-17/h2-6,8,11-12H,1,7,9-10,13H2,(H,20,21). The van der Waals surface area contributed by atoms with Crippen LogP contribution < -0.4 is 19.5 Å². The van der Waals surface area contributed by atoms with Crippen molar-refractivity contribution >= 4 is 11.6 Å². The molecule has 0 fully saturated rings. The van der Waals surface area contributed by atoms with E-state index >= 15 is 0 Å². The fraction of sp³-hybridized carbons (Fsp3) is 0.211. The van der Waals surface area contributed by atoms with Gasteiger partial charge in [0.05, 0.1) is 0 Å². The number of rotatable bonds is 7. The molecule has 0 radical (unpaired) electrons. The van der Waals surface area contributed by atoms with Gasteiger partial charge in [-0.15, -0.1) is 0 Å². The normalized spacial score (nSPS) is 11.8. The topological polar surface area (TPSA) is 56.8 Å². The summed E-state index contributed by atoms with van der Waals surface area (Å²) in [7, 11) is 0. The van der Waals surface area contributed by atoms with Gasteiger partial charge < -0.3 is 19.5 Å². The Morgan fingerprint density at radius 1 is 1.21 bits per heavy atom. The zero-order valence-electron chi connectivity index (χ0n) is 13.3. The van der Waals surface area contributed by atoms with Crippen LogP contribution in [-0.2, 0) is 11.2 Å². The third-order valence-corrected chi connectivity index (χ3v) is 3.56. The van der Waals surface area contributed by atoms with Gasteiger partial charge in [-0.3, -0.25) is 4.79 Å². The van der Waals surface area contributed by atoms with Crippen molar-refractivity contribution in [3.8, 4) is 17.2 Å². The monoisotopic (exact) mass is 325 g/mol. The van der Waals surface area contributed by atoms with Crippen LogP contribution in [0.15, 0.2) is 55.1 Å². The van der Waals surface area contributed by atoms with Crippen LogP contribution in [0, 0.1) is 0 Å². The first kappa shape index (κ1) is 15.9. The lowest BCUT2D eigenvalue weighted by Crippen LogP contribution is -2.12. The maximum Gasteiger partial charge on any atom is 0.231 e. The van der Waals surface area contributed by atoms with Gasteiger partial charge in [-0.05, 0) is 36.2 Å². The molecule has 0 aromatic heterocycles. The van der Waals surface area contributed by atoms with Gasteiger partial charge in [0, 0.05) is 18.2 Å². The molecule has 1 heterocycles. The number of ether oxygens (including phenoxy) is 3. The molecule has 2 aromatic rings. The lowest BCUT2D eigenvalue weighted by atomic mass is 10.1. The van der Waals surface area contributed by atoms with Crippen LogP contribution in [0.1, 0.15) is 12.0 Å². The fourth-order valence-corrected chi connectivity index (χ4v) is 2.40. The molecule has 0 spiro atoms. The molecule has 0 saturated heterocycles. The number of carbonyl (C=O) groups excluding carboxylic acids is 1. The molecular formula is C19H19NO4. The molecule has 0 bridgehead atoms. The van der Waals surface area contributed by atoms with Crippen LogP contribution in [0.3, 0.4) is 0 Å². The van der Waals surface area contributed by atoms with Crippen molar-refractivity contribution in [2.45, 2.75) is 12.8 Å². The Bertz CT molecular complexity index is 742. The quantitative estimate of drug-likeness (QED) is 0.791. The minimum atomic E-state index is -0.0477. The maximum absolute atomic E-state index is 12.1. The molecule has 2 aromatic carbocycles. The van der Waals surface area contributed by atoms with Crippen LogP contribution >= 0.6 is 0 Å². The SMILES string of the molecule is C=CCOc1cccc(NC(=O)CCc2ccc3c(c2)OCO3)c1. The molecule has 5 nitrogen and oxygen atoms in total.